The zero-order valence-corrected chi connectivity index (χ0v) is 24.7. The first kappa shape index (κ1) is 30.9. The van der Waals surface area contributed by atoms with E-state index in [1.54, 1.807) is 49.4 Å². The van der Waals surface area contributed by atoms with Crippen molar-refractivity contribution in [3.05, 3.63) is 54.5 Å². The van der Waals surface area contributed by atoms with E-state index in [0.717, 1.165) is 0 Å². The second-order valence-electron chi connectivity index (χ2n) is 11.4. The molecule has 3 heterocycles. The fourth-order valence-corrected chi connectivity index (χ4v) is 5.99. The van der Waals surface area contributed by atoms with Crippen molar-refractivity contribution in [2.24, 2.45) is 5.41 Å². The maximum absolute atomic E-state index is 14.1. The van der Waals surface area contributed by atoms with Crippen molar-refractivity contribution >= 4 is 25.1 Å². The van der Waals surface area contributed by atoms with Crippen molar-refractivity contribution in [2.45, 2.75) is 71.0 Å². The van der Waals surface area contributed by atoms with Gasteiger partial charge in [-0.2, -0.15) is 10.2 Å². The van der Waals surface area contributed by atoms with E-state index in [9.17, 15) is 19.6 Å². The molecule has 224 valence electrons. The summed E-state index contributed by atoms with van der Waals surface area (Å²) in [4.78, 5) is 16.8. The second-order valence-corrected chi connectivity index (χ2v) is 13.1. The molecular formula is C27H38N5O8P. The molecule has 1 fully saturated rings. The lowest BCUT2D eigenvalue weighted by Gasteiger charge is -2.31. The van der Waals surface area contributed by atoms with Gasteiger partial charge in [-0.3, -0.25) is 9.32 Å². The first-order valence-electron chi connectivity index (χ1n) is 13.3. The van der Waals surface area contributed by atoms with Crippen molar-refractivity contribution < 1.29 is 38.1 Å². The van der Waals surface area contributed by atoms with Crippen molar-refractivity contribution in [3.63, 3.8) is 0 Å². The van der Waals surface area contributed by atoms with E-state index < -0.39 is 50.3 Å². The molecule has 1 aromatic carbocycles. The summed E-state index contributed by atoms with van der Waals surface area (Å²) in [7, 11) is -4.26. The van der Waals surface area contributed by atoms with Gasteiger partial charge in [-0.1, -0.05) is 45.9 Å². The second kappa shape index (κ2) is 12.0. The zero-order chi connectivity index (χ0) is 30.0. The standard InChI is InChI=1S/C27H38N5O8P/c1-6-18(25(35)37-14-26(2,3)4)31-41(36,40-17-10-8-7-9-11-17)38-15-27(5)23(34)21(33)22(39-27)19-12-13-20-24(28)29-16-30-32(19)20/h7-13,16,18,21-23,33-34H,6,14-15H2,1-5H3,(H,31,36)(H2,28,29,30)/t18-,21-,22-,23-,27+,41?/m0/s1. The molecule has 14 heteroatoms. The minimum absolute atomic E-state index is 0.164. The van der Waals surface area contributed by atoms with Gasteiger partial charge in [-0.25, -0.2) is 14.1 Å². The van der Waals surface area contributed by atoms with Gasteiger partial charge in [-0.15, -0.1) is 0 Å². The highest BCUT2D eigenvalue weighted by atomic mass is 31.2. The van der Waals surface area contributed by atoms with Gasteiger partial charge in [-0.05, 0) is 43.0 Å². The molecular weight excluding hydrogens is 553 g/mol. The van der Waals surface area contributed by atoms with E-state index in [-0.39, 0.29) is 30.0 Å². The van der Waals surface area contributed by atoms with Gasteiger partial charge in [0, 0.05) is 0 Å². The number of hydrogen-bond donors (Lipinski definition) is 4. The normalized spacial score (nSPS) is 25.1. The zero-order valence-electron chi connectivity index (χ0n) is 23.8. The summed E-state index contributed by atoms with van der Waals surface area (Å²) in [5.41, 5.74) is 5.07. The molecule has 1 aliphatic rings. The summed E-state index contributed by atoms with van der Waals surface area (Å²) in [6.07, 6.45) is -2.34. The molecule has 0 radical (unpaired) electrons. The number of nitrogens with zero attached hydrogens (tertiary/aromatic N) is 3. The van der Waals surface area contributed by atoms with Crippen LogP contribution in [0.15, 0.2) is 48.8 Å². The number of aromatic nitrogens is 3. The minimum Gasteiger partial charge on any atom is -0.464 e. The molecule has 2 aromatic heterocycles. The van der Waals surface area contributed by atoms with Gasteiger partial charge >= 0.3 is 13.7 Å². The highest BCUT2D eigenvalue weighted by Crippen LogP contribution is 2.48. The molecule has 4 rings (SSSR count). The van der Waals surface area contributed by atoms with Gasteiger partial charge < -0.3 is 29.9 Å². The molecule has 6 atom stereocenters. The SMILES string of the molecule is CC[C@H](NP(=O)(OC[C@@]1(C)O[C@@H](c2ccc3c(N)ncnn23)[C@H](O)[C@@H]1O)Oc1ccccc1)C(=O)OCC(C)(C)C. The summed E-state index contributed by atoms with van der Waals surface area (Å²) in [6.45, 7) is 8.72. The number of benzene rings is 1. The van der Waals surface area contributed by atoms with E-state index in [0.29, 0.717) is 11.2 Å². The number of esters is 1. The van der Waals surface area contributed by atoms with Gasteiger partial charge in [0.15, 0.2) is 5.82 Å². The fraction of sp³-hybridized carbons (Fsp3) is 0.519. The molecule has 0 amide bonds. The van der Waals surface area contributed by atoms with Gasteiger partial charge in [0.1, 0.15) is 47.5 Å². The Labute approximate surface area is 238 Å². The molecule has 1 aliphatic heterocycles. The number of hydrogen-bond acceptors (Lipinski definition) is 11. The summed E-state index contributed by atoms with van der Waals surface area (Å²) < 4.78 is 38.6. The van der Waals surface area contributed by atoms with Crippen LogP contribution in [-0.2, 0) is 23.4 Å². The number of carbonyl (C=O) groups excluding carboxylic acids is 1. The Balaban J connectivity index is 1.55. The molecule has 41 heavy (non-hydrogen) atoms. The van der Waals surface area contributed by atoms with Gasteiger partial charge in [0.25, 0.3) is 0 Å². The van der Waals surface area contributed by atoms with Crippen LogP contribution < -0.4 is 15.3 Å². The summed E-state index contributed by atoms with van der Waals surface area (Å²) in [6, 6.07) is 10.7. The lowest BCUT2D eigenvalue weighted by Crippen LogP contribution is -2.45. The quantitative estimate of drug-likeness (QED) is 0.189. The van der Waals surface area contributed by atoms with Gasteiger partial charge in [0.2, 0.25) is 0 Å². The fourth-order valence-electron chi connectivity index (χ4n) is 4.31. The Morgan fingerprint density at radius 2 is 1.95 bits per heavy atom. The number of nitrogens with two attached hydrogens (primary N) is 1. The molecule has 1 saturated heterocycles. The van der Waals surface area contributed by atoms with Crippen LogP contribution in [0.1, 0.15) is 52.8 Å². The molecule has 1 unspecified atom stereocenters. The van der Waals surface area contributed by atoms with E-state index in [1.807, 2.05) is 20.8 Å². The third-order valence-electron chi connectivity index (χ3n) is 6.60. The molecule has 0 bridgehead atoms. The van der Waals surface area contributed by atoms with Crippen LogP contribution in [-0.4, -0.2) is 67.8 Å². The number of nitrogen functional groups attached to an aromatic ring is 1. The Morgan fingerprint density at radius 3 is 2.61 bits per heavy atom. The first-order valence-corrected chi connectivity index (χ1v) is 14.9. The average Bonchev–Trinajstić information content (AvgIpc) is 3.45. The Bertz CT molecular complexity index is 1400. The van der Waals surface area contributed by atoms with E-state index >= 15 is 0 Å². The summed E-state index contributed by atoms with van der Waals surface area (Å²) >= 11 is 0. The topological polar surface area (TPSA) is 180 Å². The monoisotopic (exact) mass is 591 g/mol. The predicted octanol–water partition coefficient (Wildman–Crippen LogP) is 3.02. The number of aliphatic hydroxyl groups excluding tert-OH is 2. The van der Waals surface area contributed by atoms with Crippen LogP contribution >= 0.6 is 7.75 Å². The van der Waals surface area contributed by atoms with Crippen molar-refractivity contribution in [3.8, 4) is 5.75 Å². The minimum atomic E-state index is -4.26. The molecule has 0 spiro atoms. The van der Waals surface area contributed by atoms with Crippen LogP contribution in [0.3, 0.4) is 0 Å². The smallest absolute Gasteiger partial charge is 0.459 e. The van der Waals surface area contributed by atoms with E-state index in [1.165, 1.54) is 17.8 Å². The first-order chi connectivity index (χ1) is 19.3. The molecule has 3 aromatic rings. The molecule has 13 nitrogen and oxygen atoms in total. The van der Waals surface area contributed by atoms with Crippen LogP contribution in [0.5, 0.6) is 5.75 Å². The maximum Gasteiger partial charge on any atom is 0.459 e. The van der Waals surface area contributed by atoms with Crippen LogP contribution in [0.25, 0.3) is 5.52 Å². The number of para-hydroxylation sites is 1. The third-order valence-corrected chi connectivity index (χ3v) is 8.15. The van der Waals surface area contributed by atoms with Crippen molar-refractivity contribution in [2.75, 3.05) is 18.9 Å². The van der Waals surface area contributed by atoms with Crippen molar-refractivity contribution in [1.82, 2.24) is 19.7 Å². The number of rotatable bonds is 11. The van der Waals surface area contributed by atoms with E-state index in [4.69, 9.17) is 24.3 Å². The third kappa shape index (κ3) is 7.06. The largest absolute Gasteiger partial charge is 0.464 e. The maximum atomic E-state index is 14.1. The van der Waals surface area contributed by atoms with Crippen LogP contribution in [0.2, 0.25) is 0 Å². The Kier molecular flexibility index (Phi) is 9.07. The summed E-state index contributed by atoms with van der Waals surface area (Å²) in [5, 5.41) is 28.8. The number of anilines is 1. The number of fused-ring (bicyclic) bond motifs is 1. The number of carbonyl (C=O) groups is 1. The molecule has 0 aliphatic carbocycles. The number of nitrogens with one attached hydrogen (secondary N) is 1. The number of ether oxygens (including phenoxy) is 2. The molecule has 0 saturated carbocycles. The lowest BCUT2D eigenvalue weighted by molar-refractivity contribution is -0.148. The highest BCUT2D eigenvalue weighted by Gasteiger charge is 2.54. The predicted molar refractivity (Wildman–Crippen MR) is 150 cm³/mol. The Hall–Kier alpha value is -3.06. The Morgan fingerprint density at radius 1 is 1.24 bits per heavy atom. The van der Waals surface area contributed by atoms with E-state index in [2.05, 4.69) is 15.2 Å². The van der Waals surface area contributed by atoms with Crippen molar-refractivity contribution in [1.29, 1.82) is 0 Å². The number of aliphatic hydroxyl groups is 2. The molecule has 5 N–H and O–H groups in total. The van der Waals surface area contributed by atoms with Gasteiger partial charge in [0.05, 0.1) is 18.9 Å². The van der Waals surface area contributed by atoms with Crippen LogP contribution in [0, 0.1) is 5.41 Å². The van der Waals surface area contributed by atoms with Crippen LogP contribution in [0.4, 0.5) is 5.82 Å². The highest BCUT2D eigenvalue weighted by molar-refractivity contribution is 7.52. The summed E-state index contributed by atoms with van der Waals surface area (Å²) in [5.74, 6) is -0.140. The lowest BCUT2D eigenvalue weighted by atomic mass is 9.97. The average molecular weight is 592 g/mol.